The number of aryl methyl sites for hydroxylation is 1. The van der Waals surface area contributed by atoms with Gasteiger partial charge in [-0.05, 0) is 50.3 Å². The fraction of sp³-hybridized carbons (Fsp3) is 0.333. The van der Waals surface area contributed by atoms with E-state index in [2.05, 4.69) is 0 Å². The Bertz CT molecular complexity index is 743. The van der Waals surface area contributed by atoms with Crippen LogP contribution in [0.4, 0.5) is 0 Å². The Morgan fingerprint density at radius 1 is 1.21 bits per heavy atom. The van der Waals surface area contributed by atoms with Crippen molar-refractivity contribution in [1.82, 2.24) is 0 Å². The monoisotopic (exact) mass is 276 g/mol. The third-order valence-electron chi connectivity index (χ3n) is 3.69. The molecule has 1 heterocycles. The summed E-state index contributed by atoms with van der Waals surface area (Å²) in [5.74, 6) is -0.132. The number of halogens is 1. The van der Waals surface area contributed by atoms with E-state index in [1.165, 1.54) is 6.92 Å². The van der Waals surface area contributed by atoms with Crippen molar-refractivity contribution in [2.24, 2.45) is 0 Å². The minimum absolute atomic E-state index is 0.132. The summed E-state index contributed by atoms with van der Waals surface area (Å²) in [5.41, 5.74) is 2.38. The quantitative estimate of drug-likeness (QED) is 0.591. The smallest absolute Gasteiger partial charge is 0.339 e. The predicted octanol–water partition coefficient (Wildman–Crippen LogP) is 3.53. The molecule has 0 aliphatic heterocycles. The second-order valence-corrected chi connectivity index (χ2v) is 5.35. The van der Waals surface area contributed by atoms with Crippen molar-refractivity contribution in [2.75, 3.05) is 0 Å². The Morgan fingerprint density at radius 3 is 2.58 bits per heavy atom. The Morgan fingerprint density at radius 2 is 1.89 bits per heavy atom. The van der Waals surface area contributed by atoms with Crippen molar-refractivity contribution < 1.29 is 9.21 Å². The van der Waals surface area contributed by atoms with Crippen LogP contribution in [0.5, 0.6) is 0 Å². The second-order valence-electron chi connectivity index (χ2n) is 4.94. The summed E-state index contributed by atoms with van der Waals surface area (Å²) in [6.07, 6.45) is 3.72. The standard InChI is InChI=1S/C15H13ClO3/c1-8(17)11-7-14-12(6-13(11)16)9-4-2-3-5-10(9)15(18)19-14/h6-7H,2-5H2,1H3. The largest absolute Gasteiger partial charge is 0.422 e. The first-order chi connectivity index (χ1) is 9.08. The lowest BCUT2D eigenvalue weighted by Crippen LogP contribution is -2.16. The molecule has 0 bridgehead atoms. The van der Waals surface area contributed by atoms with Gasteiger partial charge in [0.1, 0.15) is 5.58 Å². The normalized spacial score (nSPS) is 14.4. The maximum Gasteiger partial charge on any atom is 0.339 e. The van der Waals surface area contributed by atoms with Crippen molar-refractivity contribution in [1.29, 1.82) is 0 Å². The molecule has 0 spiro atoms. The first-order valence-corrected chi connectivity index (χ1v) is 6.75. The number of fused-ring (bicyclic) bond motifs is 3. The molecule has 0 saturated heterocycles. The lowest BCUT2D eigenvalue weighted by atomic mass is 9.90. The molecule has 2 aromatic rings. The van der Waals surface area contributed by atoms with Crippen molar-refractivity contribution in [3.63, 3.8) is 0 Å². The Balaban J connectivity index is 2.38. The summed E-state index contributed by atoms with van der Waals surface area (Å²) < 4.78 is 5.34. The zero-order valence-electron chi connectivity index (χ0n) is 10.6. The molecule has 0 saturated carbocycles. The first-order valence-electron chi connectivity index (χ1n) is 6.37. The van der Waals surface area contributed by atoms with Crippen LogP contribution in [0.1, 0.15) is 41.3 Å². The van der Waals surface area contributed by atoms with Gasteiger partial charge in [-0.25, -0.2) is 4.79 Å². The van der Waals surface area contributed by atoms with Crippen LogP contribution in [0.15, 0.2) is 21.3 Å². The Hall–Kier alpha value is -1.61. The topological polar surface area (TPSA) is 47.3 Å². The molecular weight excluding hydrogens is 264 g/mol. The summed E-state index contributed by atoms with van der Waals surface area (Å²) in [5, 5.41) is 1.28. The summed E-state index contributed by atoms with van der Waals surface area (Å²) in [4.78, 5) is 23.4. The van der Waals surface area contributed by atoms with Gasteiger partial charge in [-0.1, -0.05) is 11.6 Å². The molecule has 0 unspecified atom stereocenters. The van der Waals surface area contributed by atoms with Gasteiger partial charge in [-0.3, -0.25) is 4.79 Å². The molecule has 1 aromatic carbocycles. The van der Waals surface area contributed by atoms with Gasteiger partial charge < -0.3 is 4.42 Å². The average Bonchev–Trinajstić information content (AvgIpc) is 2.39. The highest BCUT2D eigenvalue weighted by molar-refractivity contribution is 6.34. The third-order valence-corrected chi connectivity index (χ3v) is 4.00. The number of carbonyl (C=O) groups is 1. The summed E-state index contributed by atoms with van der Waals surface area (Å²) in [6.45, 7) is 1.45. The fourth-order valence-electron chi connectivity index (χ4n) is 2.73. The Kier molecular flexibility index (Phi) is 2.94. The highest BCUT2D eigenvalue weighted by atomic mass is 35.5. The van der Waals surface area contributed by atoms with Crippen LogP contribution in [-0.4, -0.2) is 5.78 Å². The molecule has 19 heavy (non-hydrogen) atoms. The average molecular weight is 277 g/mol. The van der Waals surface area contributed by atoms with Gasteiger partial charge in [0.15, 0.2) is 5.78 Å². The van der Waals surface area contributed by atoms with E-state index in [1.54, 1.807) is 12.1 Å². The van der Waals surface area contributed by atoms with Gasteiger partial charge in [0.25, 0.3) is 0 Å². The van der Waals surface area contributed by atoms with E-state index in [9.17, 15) is 9.59 Å². The van der Waals surface area contributed by atoms with Crippen molar-refractivity contribution in [3.8, 4) is 0 Å². The van der Waals surface area contributed by atoms with Gasteiger partial charge in [-0.15, -0.1) is 0 Å². The lowest BCUT2D eigenvalue weighted by Gasteiger charge is -2.16. The molecule has 1 aromatic heterocycles. The minimum atomic E-state index is -0.279. The van der Waals surface area contributed by atoms with E-state index in [1.807, 2.05) is 0 Å². The van der Waals surface area contributed by atoms with Gasteiger partial charge >= 0.3 is 5.63 Å². The van der Waals surface area contributed by atoms with Crippen molar-refractivity contribution in [2.45, 2.75) is 32.6 Å². The molecule has 0 fully saturated rings. The van der Waals surface area contributed by atoms with Crippen LogP contribution >= 0.6 is 11.6 Å². The molecule has 0 atom stereocenters. The van der Waals surface area contributed by atoms with Crippen LogP contribution in [0, 0.1) is 0 Å². The molecule has 1 aliphatic carbocycles. The van der Waals surface area contributed by atoms with E-state index >= 15 is 0 Å². The SMILES string of the molecule is CC(=O)c1cc2oc(=O)c3c(c2cc1Cl)CCCC3. The fourth-order valence-corrected chi connectivity index (χ4v) is 3.03. The van der Waals surface area contributed by atoms with E-state index in [0.717, 1.165) is 42.2 Å². The maximum absolute atomic E-state index is 12.0. The van der Waals surface area contributed by atoms with E-state index in [0.29, 0.717) is 16.2 Å². The van der Waals surface area contributed by atoms with E-state index in [4.69, 9.17) is 16.0 Å². The summed E-state index contributed by atoms with van der Waals surface area (Å²) in [6, 6.07) is 3.33. The van der Waals surface area contributed by atoms with Crippen molar-refractivity contribution >= 4 is 28.4 Å². The second kappa shape index (κ2) is 4.49. The van der Waals surface area contributed by atoms with Gasteiger partial charge in [0.2, 0.25) is 0 Å². The number of hydrogen-bond acceptors (Lipinski definition) is 3. The predicted molar refractivity (Wildman–Crippen MR) is 74.1 cm³/mol. The lowest BCUT2D eigenvalue weighted by molar-refractivity contribution is 0.101. The third kappa shape index (κ3) is 1.98. The molecule has 3 rings (SSSR count). The molecule has 0 N–H and O–H groups in total. The molecule has 0 amide bonds. The zero-order chi connectivity index (χ0) is 13.6. The maximum atomic E-state index is 12.0. The highest BCUT2D eigenvalue weighted by Gasteiger charge is 2.19. The number of ketones is 1. The van der Waals surface area contributed by atoms with E-state index in [-0.39, 0.29) is 11.4 Å². The van der Waals surface area contributed by atoms with E-state index < -0.39 is 0 Å². The minimum Gasteiger partial charge on any atom is -0.422 e. The number of benzene rings is 1. The van der Waals surface area contributed by atoms with Crippen molar-refractivity contribution in [3.05, 3.63) is 44.3 Å². The Labute approximate surface area is 115 Å². The van der Waals surface area contributed by atoms with Gasteiger partial charge in [-0.2, -0.15) is 0 Å². The number of hydrogen-bond donors (Lipinski definition) is 0. The van der Waals surface area contributed by atoms with Crippen LogP contribution in [0.25, 0.3) is 11.0 Å². The van der Waals surface area contributed by atoms with Crippen LogP contribution in [0.3, 0.4) is 0 Å². The molecule has 3 nitrogen and oxygen atoms in total. The van der Waals surface area contributed by atoms with Gasteiger partial charge in [0.05, 0.1) is 5.02 Å². The number of carbonyl (C=O) groups excluding carboxylic acids is 1. The zero-order valence-corrected chi connectivity index (χ0v) is 11.3. The molecule has 1 aliphatic rings. The summed E-state index contributed by atoms with van der Waals surface area (Å²) in [7, 11) is 0. The first kappa shape index (κ1) is 12.4. The molecule has 98 valence electrons. The van der Waals surface area contributed by atoms with Crippen LogP contribution in [-0.2, 0) is 12.8 Å². The molecule has 4 heteroatoms. The highest BCUT2D eigenvalue weighted by Crippen LogP contribution is 2.30. The van der Waals surface area contributed by atoms with Gasteiger partial charge in [0, 0.05) is 16.5 Å². The summed E-state index contributed by atoms with van der Waals surface area (Å²) >= 11 is 6.14. The molecular formula is C15H13ClO3. The van der Waals surface area contributed by atoms with Crippen LogP contribution in [0.2, 0.25) is 5.02 Å². The van der Waals surface area contributed by atoms with Crippen LogP contribution < -0.4 is 5.63 Å². The number of Topliss-reactive ketones (excluding diaryl/α,β-unsaturated/α-hetero) is 1. The number of rotatable bonds is 1. The molecule has 0 radical (unpaired) electrons.